The Labute approximate surface area is 214 Å². The molecule has 2 fully saturated rings. The van der Waals surface area contributed by atoms with Gasteiger partial charge in [-0.05, 0) is 48.8 Å². The highest BCUT2D eigenvalue weighted by Crippen LogP contribution is 2.46. The van der Waals surface area contributed by atoms with Gasteiger partial charge in [0.1, 0.15) is 5.69 Å². The number of rotatable bonds is 10. The summed E-state index contributed by atoms with van der Waals surface area (Å²) in [5.41, 5.74) is 3.22. The van der Waals surface area contributed by atoms with Gasteiger partial charge in [0.15, 0.2) is 0 Å². The van der Waals surface area contributed by atoms with Gasteiger partial charge in [0.05, 0.1) is 7.11 Å². The van der Waals surface area contributed by atoms with Crippen molar-refractivity contribution in [2.45, 2.75) is 57.4 Å². The second kappa shape index (κ2) is 11.5. The fourth-order valence-corrected chi connectivity index (χ4v) is 5.04. The van der Waals surface area contributed by atoms with Crippen molar-refractivity contribution in [1.82, 2.24) is 15.2 Å². The predicted octanol–water partition coefficient (Wildman–Crippen LogP) is 5.01. The summed E-state index contributed by atoms with van der Waals surface area (Å²) in [7, 11) is 1.30. The zero-order valence-corrected chi connectivity index (χ0v) is 21.0. The molecule has 0 aliphatic heterocycles. The zero-order valence-electron chi connectivity index (χ0n) is 21.0. The first-order valence-electron chi connectivity index (χ1n) is 12.6. The number of hydrogen-bond acceptors (Lipinski definition) is 5. The van der Waals surface area contributed by atoms with Crippen molar-refractivity contribution in [2.75, 3.05) is 13.7 Å². The second-order valence-corrected chi connectivity index (χ2v) is 9.81. The van der Waals surface area contributed by atoms with E-state index < -0.39 is 24.1 Å². The number of aromatic nitrogens is 1. The number of benzene rings is 1. The van der Waals surface area contributed by atoms with Gasteiger partial charge in [-0.25, -0.2) is 9.78 Å². The number of halogens is 3. The van der Waals surface area contributed by atoms with E-state index in [0.717, 1.165) is 28.0 Å². The lowest BCUT2D eigenvalue weighted by Gasteiger charge is -2.39. The Bertz CT molecular complexity index is 1110. The van der Waals surface area contributed by atoms with Crippen LogP contribution in [0.2, 0.25) is 0 Å². The van der Waals surface area contributed by atoms with Crippen molar-refractivity contribution in [3.05, 3.63) is 71.1 Å². The molecule has 2 aromatic rings. The predicted molar refractivity (Wildman–Crippen MR) is 133 cm³/mol. The third-order valence-electron chi connectivity index (χ3n) is 7.20. The van der Waals surface area contributed by atoms with Gasteiger partial charge in [0.25, 0.3) is 0 Å². The lowest BCUT2D eigenvalue weighted by Crippen LogP contribution is -2.50. The van der Waals surface area contributed by atoms with Gasteiger partial charge >= 0.3 is 18.1 Å². The highest BCUT2D eigenvalue weighted by atomic mass is 19.4. The van der Waals surface area contributed by atoms with Crippen LogP contribution in [0.15, 0.2) is 54.2 Å². The highest BCUT2D eigenvalue weighted by Gasteiger charge is 2.53. The molecule has 1 aromatic carbocycles. The summed E-state index contributed by atoms with van der Waals surface area (Å²) in [4.78, 5) is 29.0. The number of hydrogen-bond donors (Lipinski definition) is 1. The van der Waals surface area contributed by atoms with Crippen LogP contribution in [0.1, 0.15) is 54.2 Å². The third-order valence-corrected chi connectivity index (χ3v) is 7.20. The second-order valence-electron chi connectivity index (χ2n) is 9.81. The number of alkyl halides is 3. The molecule has 37 heavy (non-hydrogen) atoms. The van der Waals surface area contributed by atoms with E-state index >= 15 is 0 Å². The van der Waals surface area contributed by atoms with E-state index in [1.54, 1.807) is 18.3 Å². The minimum absolute atomic E-state index is 0.0213. The van der Waals surface area contributed by atoms with E-state index in [1.807, 2.05) is 43.3 Å². The first-order chi connectivity index (χ1) is 17.7. The molecule has 198 valence electrons. The van der Waals surface area contributed by atoms with Crippen molar-refractivity contribution >= 4 is 18.0 Å². The van der Waals surface area contributed by atoms with Crippen LogP contribution >= 0.6 is 0 Å². The quantitative estimate of drug-likeness (QED) is 0.451. The molecule has 0 bridgehead atoms. The first-order valence-corrected chi connectivity index (χ1v) is 12.6. The van der Waals surface area contributed by atoms with Gasteiger partial charge in [0, 0.05) is 37.3 Å². The molecule has 2 atom stereocenters. The minimum atomic E-state index is -4.88. The van der Waals surface area contributed by atoms with Gasteiger partial charge in [-0.2, -0.15) is 13.2 Å². The average molecular weight is 516 g/mol. The largest absolute Gasteiger partial charge is 0.471 e. The first kappa shape index (κ1) is 26.9. The Kier molecular flexibility index (Phi) is 8.32. The molecule has 6 nitrogen and oxygen atoms in total. The van der Waals surface area contributed by atoms with Crippen LogP contribution in [0.25, 0.3) is 6.08 Å². The number of pyridine rings is 1. The summed E-state index contributed by atoms with van der Waals surface area (Å²) < 4.78 is 45.0. The Balaban J connectivity index is 1.32. The van der Waals surface area contributed by atoms with Crippen LogP contribution < -0.4 is 5.32 Å². The molecule has 2 aliphatic carbocycles. The molecule has 0 saturated heterocycles. The Morgan fingerprint density at radius 1 is 1.14 bits per heavy atom. The topological polar surface area (TPSA) is 71.5 Å². The van der Waals surface area contributed by atoms with E-state index in [2.05, 4.69) is 15.0 Å². The average Bonchev–Trinajstić information content (AvgIpc) is 3.66. The minimum Gasteiger partial charge on any atom is -0.464 e. The summed E-state index contributed by atoms with van der Waals surface area (Å²) in [6, 6.07) is 12.8. The van der Waals surface area contributed by atoms with Gasteiger partial charge in [0.2, 0.25) is 0 Å². The number of nitrogens with one attached hydrogen (secondary N) is 1. The van der Waals surface area contributed by atoms with Crippen LogP contribution in [-0.4, -0.2) is 53.7 Å². The zero-order chi connectivity index (χ0) is 26.6. The summed E-state index contributed by atoms with van der Waals surface area (Å²) >= 11 is 0. The number of esters is 1. The van der Waals surface area contributed by atoms with E-state index in [0.29, 0.717) is 25.8 Å². The van der Waals surface area contributed by atoms with Crippen molar-refractivity contribution in [1.29, 1.82) is 0 Å². The molecule has 1 amide bonds. The molecule has 2 saturated carbocycles. The molecule has 0 spiro atoms. The van der Waals surface area contributed by atoms with Crippen molar-refractivity contribution in [2.24, 2.45) is 11.8 Å². The maximum atomic E-state index is 13.4. The van der Waals surface area contributed by atoms with Gasteiger partial charge in [-0.3, -0.25) is 4.79 Å². The van der Waals surface area contributed by atoms with Gasteiger partial charge in [-0.15, -0.1) is 0 Å². The number of methoxy groups -OCH3 is 1. The Morgan fingerprint density at radius 2 is 1.86 bits per heavy atom. The normalized spacial score (nSPS) is 23.2. The van der Waals surface area contributed by atoms with Crippen LogP contribution in [0.3, 0.4) is 0 Å². The maximum absolute atomic E-state index is 13.4. The Morgan fingerprint density at radius 3 is 2.46 bits per heavy atom. The van der Waals surface area contributed by atoms with Crippen molar-refractivity contribution in [3.8, 4) is 0 Å². The van der Waals surface area contributed by atoms with Crippen LogP contribution in [0, 0.1) is 11.8 Å². The molecular formula is C28H32F3N3O3. The molecule has 1 N–H and O–H groups in total. The summed E-state index contributed by atoms with van der Waals surface area (Å²) in [6.07, 6.45) is 1.46. The number of amides is 1. The SMILES string of the molecule is CC/C(=C\c1ccccc1)[C@@H]1C[C@H]1N(CC1CC(NCc2ccc(C(=O)OC)nc2)C1)C(=O)C(F)(F)F. The van der Waals surface area contributed by atoms with E-state index in [9.17, 15) is 22.8 Å². The van der Waals surface area contributed by atoms with Crippen LogP contribution in [-0.2, 0) is 16.1 Å². The highest BCUT2D eigenvalue weighted by molar-refractivity contribution is 5.87. The molecule has 0 radical (unpaired) electrons. The van der Waals surface area contributed by atoms with E-state index in [-0.39, 0.29) is 30.1 Å². The van der Waals surface area contributed by atoms with E-state index in [4.69, 9.17) is 0 Å². The third kappa shape index (κ3) is 6.77. The monoisotopic (exact) mass is 515 g/mol. The smallest absolute Gasteiger partial charge is 0.464 e. The lowest BCUT2D eigenvalue weighted by molar-refractivity contribution is -0.187. The standard InChI is InChI=1S/C28H32F3N3O3/c1-3-21(11-18-7-5-4-6-8-18)23-14-25(23)34(27(36)28(29,30)31)17-20-12-22(13-20)32-15-19-9-10-24(33-16-19)26(35)37-2/h4-11,16,20,22-23,25,32H,3,12-15,17H2,1-2H3/b21-11+/t20?,22?,23-,25+/m0/s1. The van der Waals surface area contributed by atoms with Crippen LogP contribution in [0.5, 0.6) is 0 Å². The summed E-state index contributed by atoms with van der Waals surface area (Å²) in [5.74, 6) is -2.25. The molecule has 4 rings (SSSR count). The lowest BCUT2D eigenvalue weighted by atomic mass is 9.79. The van der Waals surface area contributed by atoms with Gasteiger partial charge < -0.3 is 15.0 Å². The fraction of sp³-hybridized carbons (Fsp3) is 0.464. The number of ether oxygens (including phenoxy) is 1. The van der Waals surface area contributed by atoms with Crippen molar-refractivity contribution in [3.63, 3.8) is 0 Å². The summed E-state index contributed by atoms with van der Waals surface area (Å²) in [5, 5.41) is 3.38. The Hall–Kier alpha value is -3.20. The molecule has 2 aliphatic rings. The fourth-order valence-electron chi connectivity index (χ4n) is 5.04. The molecule has 1 aromatic heterocycles. The molecule has 9 heteroatoms. The molecule has 1 heterocycles. The molecule has 0 unspecified atom stereocenters. The maximum Gasteiger partial charge on any atom is 0.471 e. The number of carbonyl (C=O) groups is 2. The van der Waals surface area contributed by atoms with Crippen molar-refractivity contribution < 1.29 is 27.5 Å². The number of carbonyl (C=O) groups excluding carboxylic acids is 2. The van der Waals surface area contributed by atoms with Gasteiger partial charge in [-0.1, -0.05) is 55.0 Å². The molecular weight excluding hydrogens is 483 g/mol. The van der Waals surface area contributed by atoms with Crippen LogP contribution in [0.4, 0.5) is 13.2 Å². The summed E-state index contributed by atoms with van der Waals surface area (Å²) in [6.45, 7) is 2.65. The van der Waals surface area contributed by atoms with E-state index in [1.165, 1.54) is 7.11 Å². The number of nitrogens with zero attached hydrogens (tertiary/aromatic N) is 2.